The Hall–Kier alpha value is -4.01. The van der Waals surface area contributed by atoms with E-state index >= 15 is 0 Å². The number of amides is 4. The Labute approximate surface area is 181 Å². The van der Waals surface area contributed by atoms with Gasteiger partial charge in [0.05, 0.1) is 25.2 Å². The van der Waals surface area contributed by atoms with Gasteiger partial charge in [0.15, 0.2) is 0 Å². The second kappa shape index (κ2) is 12.0. The Balaban J connectivity index is 2.77. The molecular formula is C17H25N7O8. The Morgan fingerprint density at radius 2 is 1.62 bits per heavy atom. The third kappa shape index (κ3) is 8.78. The van der Waals surface area contributed by atoms with Gasteiger partial charge < -0.3 is 42.6 Å². The largest absolute Gasteiger partial charge is 0.481 e. The number of hydrogen-bond acceptors (Lipinski definition) is 8. The number of nitrogens with two attached hydrogens (primary N) is 2. The van der Waals surface area contributed by atoms with Crippen molar-refractivity contribution in [3.05, 3.63) is 18.2 Å². The molecule has 1 aromatic heterocycles. The zero-order valence-corrected chi connectivity index (χ0v) is 17.0. The lowest BCUT2D eigenvalue weighted by atomic mass is 10.1. The maximum atomic E-state index is 12.4. The first-order chi connectivity index (χ1) is 14.9. The second-order valence-corrected chi connectivity index (χ2v) is 6.85. The van der Waals surface area contributed by atoms with Gasteiger partial charge in [-0.15, -0.1) is 0 Å². The number of hydrogen-bond donors (Lipinski definition) is 8. The lowest BCUT2D eigenvalue weighted by Crippen LogP contribution is -2.57. The fraction of sp³-hybridized carbons (Fsp3) is 0.471. The predicted octanol–water partition coefficient (Wildman–Crippen LogP) is -3.81. The molecule has 0 aliphatic rings. The van der Waals surface area contributed by atoms with E-state index in [1.54, 1.807) is 0 Å². The van der Waals surface area contributed by atoms with Crippen molar-refractivity contribution in [2.45, 2.75) is 50.4 Å². The molecule has 0 spiro atoms. The highest BCUT2D eigenvalue weighted by molar-refractivity contribution is 5.96. The van der Waals surface area contributed by atoms with Gasteiger partial charge in [-0.3, -0.25) is 24.0 Å². The number of carboxylic acid groups (broad SMARTS) is 2. The predicted molar refractivity (Wildman–Crippen MR) is 105 cm³/mol. The van der Waals surface area contributed by atoms with Crippen LogP contribution in [-0.4, -0.2) is 79.9 Å². The molecule has 0 bridgehead atoms. The fourth-order valence-electron chi connectivity index (χ4n) is 2.46. The number of carboxylic acids is 2. The molecule has 4 unspecified atom stereocenters. The van der Waals surface area contributed by atoms with Crippen molar-refractivity contribution in [3.8, 4) is 0 Å². The minimum atomic E-state index is -1.62. The number of H-pyrrole nitrogens is 1. The molecule has 1 heterocycles. The van der Waals surface area contributed by atoms with Gasteiger partial charge in [-0.05, 0) is 6.92 Å². The van der Waals surface area contributed by atoms with Crippen LogP contribution in [0.1, 0.15) is 25.5 Å². The Kier molecular flexibility index (Phi) is 9.75. The monoisotopic (exact) mass is 455 g/mol. The number of aliphatic carboxylic acids is 2. The molecular weight excluding hydrogens is 430 g/mol. The lowest BCUT2D eigenvalue weighted by Gasteiger charge is -2.22. The summed E-state index contributed by atoms with van der Waals surface area (Å²) in [5.41, 5.74) is 10.9. The average Bonchev–Trinajstić information content (AvgIpc) is 3.18. The highest BCUT2D eigenvalue weighted by Gasteiger charge is 2.30. The lowest BCUT2D eigenvalue weighted by molar-refractivity contribution is -0.143. The maximum absolute atomic E-state index is 12.4. The van der Waals surface area contributed by atoms with E-state index in [1.165, 1.54) is 19.4 Å². The molecule has 1 rings (SSSR count). The summed E-state index contributed by atoms with van der Waals surface area (Å²) < 4.78 is 0. The van der Waals surface area contributed by atoms with E-state index in [2.05, 4.69) is 25.9 Å². The summed E-state index contributed by atoms with van der Waals surface area (Å²) >= 11 is 0. The van der Waals surface area contributed by atoms with E-state index in [4.69, 9.17) is 16.6 Å². The van der Waals surface area contributed by atoms with Gasteiger partial charge in [-0.2, -0.15) is 0 Å². The fourth-order valence-corrected chi connectivity index (χ4v) is 2.46. The summed E-state index contributed by atoms with van der Waals surface area (Å²) in [7, 11) is 0. The summed E-state index contributed by atoms with van der Waals surface area (Å²) in [5, 5.41) is 24.8. The van der Waals surface area contributed by atoms with Crippen LogP contribution in [0.2, 0.25) is 0 Å². The summed E-state index contributed by atoms with van der Waals surface area (Å²) in [6.45, 7) is 1.24. The number of rotatable bonds is 13. The molecule has 176 valence electrons. The maximum Gasteiger partial charge on any atom is 0.326 e. The van der Waals surface area contributed by atoms with Gasteiger partial charge in [0, 0.05) is 18.3 Å². The number of nitrogens with one attached hydrogen (secondary N) is 4. The molecule has 4 atom stereocenters. The van der Waals surface area contributed by atoms with Crippen LogP contribution in [0.15, 0.2) is 12.5 Å². The summed E-state index contributed by atoms with van der Waals surface area (Å²) in [6.07, 6.45) is 1.25. The number of primary amides is 1. The van der Waals surface area contributed by atoms with Crippen molar-refractivity contribution in [1.29, 1.82) is 0 Å². The quantitative estimate of drug-likeness (QED) is 0.144. The van der Waals surface area contributed by atoms with E-state index in [9.17, 15) is 33.9 Å². The minimum absolute atomic E-state index is 0.100. The standard InChI is InChI=1S/C17H25N7O8/c1-7(14(28)24-11(17(31)32)2-8-5-20-6-21-8)22-16(30)10(4-13(26)27)23-15(29)9(18)3-12(19)25/h5-7,9-11H,2-4,18H2,1H3,(H2,19,25)(H,20,21)(H,22,30)(H,23,29)(H,24,28)(H,26,27)(H,31,32). The van der Waals surface area contributed by atoms with E-state index in [1.807, 2.05) is 0 Å². The van der Waals surface area contributed by atoms with Crippen LogP contribution >= 0.6 is 0 Å². The van der Waals surface area contributed by atoms with Crippen LogP contribution in [0.5, 0.6) is 0 Å². The number of imidazole rings is 1. The molecule has 0 aliphatic carbocycles. The number of carbonyl (C=O) groups is 6. The smallest absolute Gasteiger partial charge is 0.326 e. The van der Waals surface area contributed by atoms with E-state index in [0.29, 0.717) is 5.69 Å². The SMILES string of the molecule is CC(NC(=O)C(CC(=O)O)NC(=O)C(N)CC(N)=O)C(=O)NC(Cc1cnc[nH]1)C(=O)O. The van der Waals surface area contributed by atoms with Gasteiger partial charge in [-0.25, -0.2) is 9.78 Å². The van der Waals surface area contributed by atoms with Crippen LogP contribution in [0, 0.1) is 0 Å². The zero-order chi connectivity index (χ0) is 24.4. The molecule has 0 fully saturated rings. The van der Waals surface area contributed by atoms with Crippen LogP contribution < -0.4 is 27.4 Å². The van der Waals surface area contributed by atoms with Gasteiger partial charge in [0.2, 0.25) is 23.6 Å². The summed E-state index contributed by atoms with van der Waals surface area (Å²) in [5.74, 6) is -6.53. The molecule has 15 heteroatoms. The Morgan fingerprint density at radius 3 is 2.12 bits per heavy atom. The van der Waals surface area contributed by atoms with Gasteiger partial charge in [-0.1, -0.05) is 0 Å². The zero-order valence-electron chi connectivity index (χ0n) is 17.0. The van der Waals surface area contributed by atoms with Crippen LogP contribution in [-0.2, 0) is 35.2 Å². The normalized spacial score (nSPS) is 14.3. The topological polar surface area (TPSA) is 260 Å². The van der Waals surface area contributed by atoms with Crippen LogP contribution in [0.3, 0.4) is 0 Å². The first-order valence-corrected chi connectivity index (χ1v) is 9.27. The van der Waals surface area contributed by atoms with Crippen molar-refractivity contribution in [2.24, 2.45) is 11.5 Å². The van der Waals surface area contributed by atoms with Gasteiger partial charge in [0.25, 0.3) is 0 Å². The molecule has 32 heavy (non-hydrogen) atoms. The van der Waals surface area contributed by atoms with Crippen molar-refractivity contribution >= 4 is 35.6 Å². The minimum Gasteiger partial charge on any atom is -0.481 e. The Morgan fingerprint density at radius 1 is 1.00 bits per heavy atom. The molecule has 1 aromatic rings. The van der Waals surface area contributed by atoms with Gasteiger partial charge in [0.1, 0.15) is 18.1 Å². The molecule has 4 amide bonds. The van der Waals surface area contributed by atoms with E-state index in [0.717, 1.165) is 0 Å². The number of aromatic amines is 1. The molecule has 0 radical (unpaired) electrons. The summed E-state index contributed by atoms with van der Waals surface area (Å²) in [6, 6.07) is -5.63. The third-order valence-corrected chi connectivity index (χ3v) is 4.12. The van der Waals surface area contributed by atoms with Crippen molar-refractivity contribution < 1.29 is 39.0 Å². The number of aromatic nitrogens is 2. The van der Waals surface area contributed by atoms with E-state index in [-0.39, 0.29) is 6.42 Å². The first-order valence-electron chi connectivity index (χ1n) is 9.27. The molecule has 0 aliphatic heterocycles. The van der Waals surface area contributed by atoms with Crippen LogP contribution in [0.25, 0.3) is 0 Å². The summed E-state index contributed by atoms with van der Waals surface area (Å²) in [4.78, 5) is 76.5. The third-order valence-electron chi connectivity index (χ3n) is 4.12. The first kappa shape index (κ1) is 26.0. The molecule has 0 saturated heterocycles. The Bertz CT molecular complexity index is 857. The highest BCUT2D eigenvalue weighted by atomic mass is 16.4. The van der Waals surface area contributed by atoms with Crippen molar-refractivity contribution in [2.75, 3.05) is 0 Å². The molecule has 15 nitrogen and oxygen atoms in total. The van der Waals surface area contributed by atoms with Gasteiger partial charge >= 0.3 is 11.9 Å². The molecule has 0 aromatic carbocycles. The molecule has 0 saturated carbocycles. The van der Waals surface area contributed by atoms with Crippen molar-refractivity contribution in [1.82, 2.24) is 25.9 Å². The number of carbonyl (C=O) groups excluding carboxylic acids is 4. The van der Waals surface area contributed by atoms with Crippen molar-refractivity contribution in [3.63, 3.8) is 0 Å². The number of nitrogens with zero attached hydrogens (tertiary/aromatic N) is 1. The highest BCUT2D eigenvalue weighted by Crippen LogP contribution is 2.01. The van der Waals surface area contributed by atoms with Crippen LogP contribution in [0.4, 0.5) is 0 Å². The second-order valence-electron chi connectivity index (χ2n) is 6.85. The average molecular weight is 455 g/mol. The van der Waals surface area contributed by atoms with E-state index < -0.39 is 72.6 Å². The molecule has 10 N–H and O–H groups in total.